The second-order valence-electron chi connectivity index (χ2n) is 30.0. The highest BCUT2D eigenvalue weighted by molar-refractivity contribution is 7.26. The zero-order valence-electron chi connectivity index (χ0n) is 62.3. The average Bonchev–Trinajstić information content (AvgIpc) is 1.53. The SMILES string of the molecule is c1ccc(-c2ccccc2N(c2ccc(-c3cccc4c3sc3ccc(-c5ccccc5-c5ccc(N(c6ccc(-c7cccc8c7sc7ccccc78)cc6)c6ccc7c(c6)C(c6ccccc6)(c6ccccc6)c6ccccc6-7)cc5)cc34)cc2)c2ccc3c(c2)C(c2ccccc2)(c2ccccc2)c2ccccc2-3)cc1. The van der Waals surface area contributed by atoms with E-state index in [0.29, 0.717) is 0 Å². The summed E-state index contributed by atoms with van der Waals surface area (Å²) in [6.07, 6.45) is 0. The molecule has 0 saturated heterocycles. The van der Waals surface area contributed by atoms with Gasteiger partial charge in [-0.2, -0.15) is 0 Å². The molecule has 534 valence electrons. The molecule has 0 fully saturated rings. The Balaban J connectivity index is 0.626. The first-order valence-corrected chi connectivity index (χ1v) is 40.9. The van der Waals surface area contributed by atoms with E-state index in [-0.39, 0.29) is 0 Å². The Kier molecular flexibility index (Phi) is 16.1. The van der Waals surface area contributed by atoms with Crippen molar-refractivity contribution in [3.8, 4) is 77.9 Å². The van der Waals surface area contributed by atoms with Crippen molar-refractivity contribution in [1.82, 2.24) is 0 Å². The first-order chi connectivity index (χ1) is 56.5. The van der Waals surface area contributed by atoms with Crippen LogP contribution < -0.4 is 9.80 Å². The zero-order valence-corrected chi connectivity index (χ0v) is 63.9. The molecule has 2 heterocycles. The van der Waals surface area contributed by atoms with Crippen LogP contribution in [-0.2, 0) is 10.8 Å². The van der Waals surface area contributed by atoms with Crippen LogP contribution in [0.1, 0.15) is 44.5 Å². The van der Waals surface area contributed by atoms with E-state index in [9.17, 15) is 0 Å². The topological polar surface area (TPSA) is 6.48 Å². The average molecular weight is 1490 g/mol. The van der Waals surface area contributed by atoms with Gasteiger partial charge < -0.3 is 9.80 Å². The number of hydrogen-bond donors (Lipinski definition) is 0. The van der Waals surface area contributed by atoms with Crippen molar-refractivity contribution >= 4 is 97.1 Å². The summed E-state index contributed by atoms with van der Waals surface area (Å²) in [5, 5.41) is 5.11. The van der Waals surface area contributed by atoms with Crippen LogP contribution in [-0.4, -0.2) is 0 Å². The van der Waals surface area contributed by atoms with Crippen molar-refractivity contribution in [3.63, 3.8) is 0 Å². The van der Waals surface area contributed by atoms with Crippen molar-refractivity contribution in [2.75, 3.05) is 9.80 Å². The molecular weight excluding hydrogens is 1410 g/mol. The van der Waals surface area contributed by atoms with Crippen molar-refractivity contribution < 1.29 is 0 Å². The Hall–Kier alpha value is -14.0. The molecule has 0 N–H and O–H groups in total. The minimum atomic E-state index is -0.563. The monoisotopic (exact) mass is 1480 g/mol. The van der Waals surface area contributed by atoms with Gasteiger partial charge in [-0.25, -0.2) is 0 Å². The highest BCUT2D eigenvalue weighted by Gasteiger charge is 2.48. The predicted octanol–water partition coefficient (Wildman–Crippen LogP) is 30.4. The quantitative estimate of drug-likeness (QED) is 0.101. The highest BCUT2D eigenvalue weighted by Crippen LogP contribution is 2.60. The van der Waals surface area contributed by atoms with Crippen LogP contribution in [0.3, 0.4) is 0 Å². The standard InChI is InChI=1S/C110H72N2S2/c1-6-28-73(29-7-1)89-40-20-24-50-104(89)112(86-66-68-95-93-42-19-23-49-101(93)110(103(95)72-86,80-34-12-4-13-35-80)81-36-14-5-15-37-81)84-63-56-76(57-64-84)91-45-27-47-98-99-70-77(58-69-106(99)114-108(91)98)88-39-17-16-38-87(88)74-52-59-82(60-53-74)111(83-61-54-75(55-62-83)90-44-26-46-97-96-43-21-25-51-105(96)113-107(90)97)85-65-67-94-92-41-18-22-48-100(92)109(102(94)71-85,78-30-8-2-9-31-78)79-32-10-3-11-33-79/h1-72H. The summed E-state index contributed by atoms with van der Waals surface area (Å²) >= 11 is 3.76. The summed E-state index contributed by atoms with van der Waals surface area (Å²) in [5.74, 6) is 0. The summed E-state index contributed by atoms with van der Waals surface area (Å²) in [7, 11) is 0. The number of thiophene rings is 2. The van der Waals surface area contributed by atoms with Crippen molar-refractivity contribution in [1.29, 1.82) is 0 Å². The minimum absolute atomic E-state index is 0.557. The van der Waals surface area contributed by atoms with E-state index in [1.165, 1.54) is 146 Å². The van der Waals surface area contributed by atoms with E-state index in [0.717, 1.165) is 50.8 Å². The van der Waals surface area contributed by atoms with E-state index >= 15 is 0 Å². The molecule has 0 atom stereocenters. The second-order valence-corrected chi connectivity index (χ2v) is 32.1. The summed E-state index contributed by atoms with van der Waals surface area (Å²) in [4.78, 5) is 4.93. The molecule has 0 aliphatic heterocycles. The molecule has 0 saturated carbocycles. The maximum atomic E-state index is 2.48. The van der Waals surface area contributed by atoms with Crippen LogP contribution in [0.4, 0.5) is 34.1 Å². The molecule has 2 aromatic heterocycles. The largest absolute Gasteiger partial charge is 0.310 e. The van der Waals surface area contributed by atoms with Gasteiger partial charge in [0.05, 0.1) is 16.5 Å². The number of hydrogen-bond acceptors (Lipinski definition) is 4. The first-order valence-electron chi connectivity index (χ1n) is 39.3. The van der Waals surface area contributed by atoms with E-state index < -0.39 is 10.8 Å². The van der Waals surface area contributed by atoms with Crippen molar-refractivity contribution in [2.45, 2.75) is 10.8 Å². The van der Waals surface area contributed by atoms with E-state index in [2.05, 4.69) is 447 Å². The normalized spacial score (nSPS) is 12.9. The van der Waals surface area contributed by atoms with Crippen LogP contribution in [0, 0.1) is 0 Å². The van der Waals surface area contributed by atoms with Gasteiger partial charge in [-0.05, 0) is 202 Å². The Labute approximate surface area is 672 Å². The van der Waals surface area contributed by atoms with Gasteiger partial charge in [0.15, 0.2) is 0 Å². The third-order valence-electron chi connectivity index (χ3n) is 24.1. The molecule has 0 unspecified atom stereocenters. The second kappa shape index (κ2) is 27.5. The van der Waals surface area contributed by atoms with E-state index in [4.69, 9.17) is 0 Å². The lowest BCUT2D eigenvalue weighted by Crippen LogP contribution is -2.28. The fraction of sp³-hybridized carbons (Fsp3) is 0.0182. The Bertz CT molecular complexity index is 6990. The maximum absolute atomic E-state index is 2.48. The van der Waals surface area contributed by atoms with Crippen molar-refractivity contribution in [2.24, 2.45) is 0 Å². The van der Waals surface area contributed by atoms with Gasteiger partial charge in [0, 0.05) is 74.3 Å². The fourth-order valence-electron chi connectivity index (χ4n) is 19.1. The molecule has 2 aliphatic carbocycles. The molecule has 22 rings (SSSR count). The zero-order chi connectivity index (χ0) is 75.3. The summed E-state index contributed by atoms with van der Waals surface area (Å²) < 4.78 is 5.15. The molecule has 0 bridgehead atoms. The maximum Gasteiger partial charge on any atom is 0.0714 e. The molecule has 2 aliphatic rings. The van der Waals surface area contributed by atoms with Crippen LogP contribution >= 0.6 is 22.7 Å². The molecule has 20 aromatic rings. The Morgan fingerprint density at radius 2 is 0.500 bits per heavy atom. The number of rotatable bonds is 15. The lowest BCUT2D eigenvalue weighted by atomic mass is 9.67. The summed E-state index contributed by atoms with van der Waals surface area (Å²) in [6, 6.07) is 163. The van der Waals surface area contributed by atoms with E-state index in [1.807, 2.05) is 22.7 Å². The third kappa shape index (κ3) is 10.7. The summed E-state index contributed by atoms with van der Waals surface area (Å²) in [5.41, 5.74) is 32.3. The van der Waals surface area contributed by atoms with Gasteiger partial charge >= 0.3 is 0 Å². The number of para-hydroxylation sites is 1. The van der Waals surface area contributed by atoms with Crippen LogP contribution in [0.15, 0.2) is 437 Å². The summed E-state index contributed by atoms with van der Waals surface area (Å²) in [6.45, 7) is 0. The van der Waals surface area contributed by atoms with Crippen molar-refractivity contribution in [3.05, 3.63) is 481 Å². The van der Waals surface area contributed by atoms with Gasteiger partial charge in [0.1, 0.15) is 0 Å². The molecule has 18 aromatic carbocycles. The fourth-order valence-corrected chi connectivity index (χ4v) is 21.5. The van der Waals surface area contributed by atoms with Gasteiger partial charge in [-0.3, -0.25) is 0 Å². The Morgan fingerprint density at radius 1 is 0.175 bits per heavy atom. The smallest absolute Gasteiger partial charge is 0.0714 e. The minimum Gasteiger partial charge on any atom is -0.310 e. The number of nitrogens with zero attached hydrogens (tertiary/aromatic N) is 2. The number of fused-ring (bicyclic) bond motifs is 12. The van der Waals surface area contributed by atoms with Gasteiger partial charge in [0.2, 0.25) is 0 Å². The lowest BCUT2D eigenvalue weighted by Gasteiger charge is -2.35. The molecule has 0 spiro atoms. The Morgan fingerprint density at radius 3 is 1.00 bits per heavy atom. The first kappa shape index (κ1) is 66.9. The van der Waals surface area contributed by atoms with Gasteiger partial charge in [0.25, 0.3) is 0 Å². The van der Waals surface area contributed by atoms with Crippen LogP contribution in [0.25, 0.3) is 118 Å². The van der Waals surface area contributed by atoms with E-state index in [1.54, 1.807) is 0 Å². The number of anilines is 6. The number of benzene rings is 18. The predicted molar refractivity (Wildman–Crippen MR) is 483 cm³/mol. The highest BCUT2D eigenvalue weighted by atomic mass is 32.1. The third-order valence-corrected chi connectivity index (χ3v) is 26.5. The molecular formula is C110H72N2S2. The molecule has 2 nitrogen and oxygen atoms in total. The molecule has 0 amide bonds. The molecule has 0 radical (unpaired) electrons. The lowest BCUT2D eigenvalue weighted by molar-refractivity contribution is 0.768. The molecule has 114 heavy (non-hydrogen) atoms. The van der Waals surface area contributed by atoms with Gasteiger partial charge in [-0.15, -0.1) is 22.7 Å². The van der Waals surface area contributed by atoms with Gasteiger partial charge in [-0.1, -0.05) is 352 Å². The molecule has 4 heteroatoms. The van der Waals surface area contributed by atoms with Crippen LogP contribution in [0.5, 0.6) is 0 Å². The van der Waals surface area contributed by atoms with Crippen LogP contribution in [0.2, 0.25) is 0 Å².